The van der Waals surface area contributed by atoms with Crippen molar-refractivity contribution in [2.45, 2.75) is 33.2 Å². The van der Waals surface area contributed by atoms with Crippen LogP contribution in [0, 0.1) is 12.8 Å². The lowest BCUT2D eigenvalue weighted by molar-refractivity contribution is -0.118. The molecule has 1 aromatic rings. The average molecular weight is 284 g/mol. The normalized spacial score (nSPS) is 13.7. The summed E-state index contributed by atoms with van der Waals surface area (Å²) in [5.74, 6) is -0.646. The van der Waals surface area contributed by atoms with Crippen LogP contribution in [0.5, 0.6) is 0 Å². The number of hydrogen-bond donors (Lipinski definition) is 2. The number of amides is 1. The highest BCUT2D eigenvalue weighted by Crippen LogP contribution is 2.28. The molecule has 5 nitrogen and oxygen atoms in total. The predicted molar refractivity (Wildman–Crippen MR) is 76.5 cm³/mol. The summed E-state index contributed by atoms with van der Waals surface area (Å²) < 4.78 is 4.69. The molecule has 0 radical (unpaired) electrons. The number of thiophene rings is 1. The Morgan fingerprint density at radius 1 is 1.53 bits per heavy atom. The molecule has 1 amide bonds. The average Bonchev–Trinajstić information content (AvgIpc) is 2.77. The highest BCUT2D eigenvalue weighted by atomic mass is 32.1. The van der Waals surface area contributed by atoms with E-state index in [9.17, 15) is 9.59 Å². The molecule has 0 aliphatic heterocycles. The summed E-state index contributed by atoms with van der Waals surface area (Å²) in [6, 6.07) is -0.588. The van der Waals surface area contributed by atoms with E-state index < -0.39 is 12.0 Å². The van der Waals surface area contributed by atoms with E-state index in [4.69, 9.17) is 5.73 Å². The van der Waals surface area contributed by atoms with E-state index in [1.807, 2.05) is 20.8 Å². The second-order valence-electron chi connectivity index (χ2n) is 4.51. The van der Waals surface area contributed by atoms with Crippen molar-refractivity contribution in [3.63, 3.8) is 0 Å². The molecule has 2 unspecified atom stereocenters. The minimum atomic E-state index is -0.588. The minimum Gasteiger partial charge on any atom is -0.465 e. The molecule has 0 fully saturated rings. The van der Waals surface area contributed by atoms with Crippen LogP contribution in [0.4, 0.5) is 5.69 Å². The highest BCUT2D eigenvalue weighted by Gasteiger charge is 2.23. The van der Waals surface area contributed by atoms with Gasteiger partial charge in [-0.2, -0.15) is 0 Å². The summed E-state index contributed by atoms with van der Waals surface area (Å²) in [7, 11) is 1.31. The van der Waals surface area contributed by atoms with Gasteiger partial charge in [0.1, 0.15) is 4.88 Å². The summed E-state index contributed by atoms with van der Waals surface area (Å²) in [5, 5.41) is 4.54. The first-order valence-electron chi connectivity index (χ1n) is 6.15. The molecule has 106 valence electrons. The number of aryl methyl sites for hydroxylation is 1. The Balaban J connectivity index is 2.90. The van der Waals surface area contributed by atoms with Gasteiger partial charge in [0.15, 0.2) is 0 Å². The van der Waals surface area contributed by atoms with E-state index in [-0.39, 0.29) is 11.8 Å². The third kappa shape index (κ3) is 3.54. The Labute approximate surface area is 117 Å². The largest absolute Gasteiger partial charge is 0.465 e. The molecular formula is C13H20N2O3S. The number of nitrogens with one attached hydrogen (secondary N) is 1. The Morgan fingerprint density at radius 2 is 2.16 bits per heavy atom. The van der Waals surface area contributed by atoms with Crippen LogP contribution >= 0.6 is 11.3 Å². The Morgan fingerprint density at radius 3 is 2.68 bits per heavy atom. The van der Waals surface area contributed by atoms with Gasteiger partial charge < -0.3 is 15.8 Å². The van der Waals surface area contributed by atoms with E-state index >= 15 is 0 Å². The van der Waals surface area contributed by atoms with Crippen LogP contribution in [0.2, 0.25) is 0 Å². The maximum Gasteiger partial charge on any atom is 0.350 e. The molecule has 0 aliphatic carbocycles. The van der Waals surface area contributed by atoms with Crippen LogP contribution in [-0.2, 0) is 9.53 Å². The number of ether oxygens (including phenoxy) is 1. The lowest BCUT2D eigenvalue weighted by atomic mass is 9.99. The number of esters is 1. The van der Waals surface area contributed by atoms with Crippen molar-refractivity contribution in [2.75, 3.05) is 12.4 Å². The van der Waals surface area contributed by atoms with Gasteiger partial charge in [0, 0.05) is 0 Å². The van der Waals surface area contributed by atoms with Gasteiger partial charge in [0.25, 0.3) is 0 Å². The number of carbonyl (C=O) groups excluding carboxylic acids is 2. The van der Waals surface area contributed by atoms with Crippen molar-refractivity contribution in [2.24, 2.45) is 11.7 Å². The van der Waals surface area contributed by atoms with Crippen molar-refractivity contribution in [3.8, 4) is 0 Å². The van der Waals surface area contributed by atoms with Crippen LogP contribution in [0.25, 0.3) is 0 Å². The molecule has 0 saturated carbocycles. The Kier molecular flexibility index (Phi) is 5.50. The number of rotatable bonds is 5. The molecule has 19 heavy (non-hydrogen) atoms. The van der Waals surface area contributed by atoms with Gasteiger partial charge in [-0.3, -0.25) is 4.79 Å². The van der Waals surface area contributed by atoms with E-state index in [2.05, 4.69) is 10.1 Å². The van der Waals surface area contributed by atoms with Crippen molar-refractivity contribution in [3.05, 3.63) is 15.8 Å². The molecule has 0 aromatic carbocycles. The van der Waals surface area contributed by atoms with Gasteiger partial charge in [0.05, 0.1) is 18.8 Å². The zero-order valence-electron chi connectivity index (χ0n) is 11.6. The number of nitrogens with two attached hydrogens (primary N) is 1. The standard InChI is InChI=1S/C13H20N2O3S/c1-5-7(2)9(14)12(16)15-10-8(3)6-19-11(10)13(17)18-4/h6-7,9H,5,14H2,1-4H3,(H,15,16). The van der Waals surface area contributed by atoms with Crippen LogP contribution in [0.3, 0.4) is 0 Å². The van der Waals surface area contributed by atoms with Crippen LogP contribution in [-0.4, -0.2) is 25.0 Å². The zero-order chi connectivity index (χ0) is 14.6. The fourth-order valence-electron chi connectivity index (χ4n) is 1.56. The van der Waals surface area contributed by atoms with Gasteiger partial charge in [-0.15, -0.1) is 11.3 Å². The summed E-state index contributed by atoms with van der Waals surface area (Å²) in [6.07, 6.45) is 0.821. The quantitative estimate of drug-likeness (QED) is 0.812. The van der Waals surface area contributed by atoms with E-state index in [0.717, 1.165) is 12.0 Å². The smallest absolute Gasteiger partial charge is 0.350 e. The Hall–Kier alpha value is -1.40. The van der Waals surface area contributed by atoms with Crippen molar-refractivity contribution in [1.82, 2.24) is 0 Å². The molecule has 0 aliphatic rings. The zero-order valence-corrected chi connectivity index (χ0v) is 12.5. The first-order chi connectivity index (χ1) is 8.92. The van der Waals surface area contributed by atoms with Crippen molar-refractivity contribution < 1.29 is 14.3 Å². The van der Waals surface area contributed by atoms with Crippen molar-refractivity contribution >= 4 is 28.9 Å². The van der Waals surface area contributed by atoms with Gasteiger partial charge in [-0.25, -0.2) is 4.79 Å². The molecule has 0 bridgehead atoms. The van der Waals surface area contributed by atoms with Crippen LogP contribution in [0.15, 0.2) is 5.38 Å². The van der Waals surface area contributed by atoms with Gasteiger partial charge >= 0.3 is 5.97 Å². The molecule has 1 rings (SSSR count). The van der Waals surface area contributed by atoms with Gasteiger partial charge in [-0.05, 0) is 23.8 Å². The second kappa shape index (κ2) is 6.68. The highest BCUT2D eigenvalue weighted by molar-refractivity contribution is 7.12. The lowest BCUT2D eigenvalue weighted by Gasteiger charge is -2.18. The lowest BCUT2D eigenvalue weighted by Crippen LogP contribution is -2.40. The monoisotopic (exact) mass is 284 g/mol. The molecule has 3 N–H and O–H groups in total. The SMILES string of the molecule is CCC(C)C(N)C(=O)Nc1c(C)csc1C(=O)OC. The number of hydrogen-bond acceptors (Lipinski definition) is 5. The number of anilines is 1. The third-order valence-electron chi connectivity index (χ3n) is 3.15. The van der Waals surface area contributed by atoms with Crippen LogP contribution < -0.4 is 11.1 Å². The summed E-state index contributed by atoms with van der Waals surface area (Å²) >= 11 is 1.25. The maximum atomic E-state index is 12.0. The summed E-state index contributed by atoms with van der Waals surface area (Å²) in [5.41, 5.74) is 7.20. The maximum absolute atomic E-state index is 12.0. The van der Waals surface area contributed by atoms with Gasteiger partial charge in [0.2, 0.25) is 5.91 Å². The fraction of sp³-hybridized carbons (Fsp3) is 0.538. The van der Waals surface area contributed by atoms with E-state index in [0.29, 0.717) is 10.6 Å². The fourth-order valence-corrected chi connectivity index (χ4v) is 2.48. The third-order valence-corrected chi connectivity index (χ3v) is 4.23. The van der Waals surface area contributed by atoms with Gasteiger partial charge in [-0.1, -0.05) is 20.3 Å². The van der Waals surface area contributed by atoms with E-state index in [1.165, 1.54) is 18.4 Å². The Bertz CT molecular complexity index is 470. The molecule has 0 saturated heterocycles. The molecule has 1 aromatic heterocycles. The number of methoxy groups -OCH3 is 1. The molecular weight excluding hydrogens is 264 g/mol. The molecule has 1 heterocycles. The summed E-state index contributed by atoms with van der Waals surface area (Å²) in [6.45, 7) is 5.73. The summed E-state index contributed by atoms with van der Waals surface area (Å²) in [4.78, 5) is 24.0. The first kappa shape index (κ1) is 15.7. The number of carbonyl (C=O) groups is 2. The molecule has 0 spiro atoms. The van der Waals surface area contributed by atoms with E-state index in [1.54, 1.807) is 5.38 Å². The molecule has 2 atom stereocenters. The molecule has 6 heteroatoms. The van der Waals surface area contributed by atoms with Crippen molar-refractivity contribution in [1.29, 1.82) is 0 Å². The predicted octanol–water partition coefficient (Wildman–Crippen LogP) is 2.16. The van der Waals surface area contributed by atoms with Crippen LogP contribution in [0.1, 0.15) is 35.5 Å². The first-order valence-corrected chi connectivity index (χ1v) is 7.03. The topological polar surface area (TPSA) is 81.4 Å². The minimum absolute atomic E-state index is 0.0838. The second-order valence-corrected chi connectivity index (χ2v) is 5.39.